The molecule has 5 nitrogen and oxygen atoms in total. The van der Waals surface area contributed by atoms with Crippen molar-refractivity contribution in [3.63, 3.8) is 0 Å². The van der Waals surface area contributed by atoms with Gasteiger partial charge in [0.25, 0.3) is 0 Å². The number of aromatic nitrogens is 3. The summed E-state index contributed by atoms with van der Waals surface area (Å²) in [6.45, 7) is 6.00. The zero-order chi connectivity index (χ0) is 14.2. The highest BCUT2D eigenvalue weighted by Crippen LogP contribution is 2.28. The third-order valence-electron chi connectivity index (χ3n) is 2.94. The smallest absolute Gasteiger partial charge is 0.328 e. The Labute approximate surface area is 111 Å². The molecule has 2 aromatic heterocycles. The highest BCUT2D eigenvalue weighted by molar-refractivity contribution is 5.93. The lowest BCUT2D eigenvalue weighted by Crippen LogP contribution is -2.00. The van der Waals surface area contributed by atoms with Gasteiger partial charge in [-0.05, 0) is 18.9 Å². The summed E-state index contributed by atoms with van der Waals surface area (Å²) in [6, 6.07) is 0. The van der Waals surface area contributed by atoms with Crippen LogP contribution < -0.4 is 0 Å². The van der Waals surface area contributed by atoms with E-state index in [1.807, 2.05) is 24.7 Å². The molecule has 0 spiro atoms. The van der Waals surface area contributed by atoms with Crippen LogP contribution in [-0.4, -0.2) is 25.6 Å². The molecule has 1 N–H and O–H groups in total. The van der Waals surface area contributed by atoms with Crippen molar-refractivity contribution in [1.82, 2.24) is 14.5 Å². The first-order chi connectivity index (χ1) is 8.90. The van der Waals surface area contributed by atoms with Gasteiger partial charge < -0.3 is 9.67 Å². The predicted octanol–water partition coefficient (Wildman–Crippen LogP) is 2.50. The van der Waals surface area contributed by atoms with Crippen LogP contribution in [0, 0.1) is 6.92 Å². The van der Waals surface area contributed by atoms with E-state index in [2.05, 4.69) is 23.8 Å². The van der Waals surface area contributed by atoms with Gasteiger partial charge in [-0.25, -0.2) is 14.8 Å². The minimum Gasteiger partial charge on any atom is -0.478 e. The fourth-order valence-corrected chi connectivity index (χ4v) is 2.15. The zero-order valence-electron chi connectivity index (χ0n) is 11.5. The molecule has 0 atom stereocenters. The molecule has 0 amide bonds. The van der Waals surface area contributed by atoms with Crippen molar-refractivity contribution in [3.05, 3.63) is 29.4 Å². The van der Waals surface area contributed by atoms with Crippen molar-refractivity contribution in [3.8, 4) is 0 Å². The summed E-state index contributed by atoms with van der Waals surface area (Å²) in [7, 11) is 1.90. The second-order valence-corrected chi connectivity index (χ2v) is 4.88. The number of hydrogen-bond acceptors (Lipinski definition) is 3. The molecule has 100 valence electrons. The summed E-state index contributed by atoms with van der Waals surface area (Å²) in [5, 5.41) is 9.68. The van der Waals surface area contributed by atoms with Crippen molar-refractivity contribution in [2.75, 3.05) is 0 Å². The molecule has 0 saturated heterocycles. The Morgan fingerprint density at radius 2 is 2.11 bits per heavy atom. The number of nitrogens with zero attached hydrogens (tertiary/aromatic N) is 3. The molecule has 0 fully saturated rings. The molecule has 0 radical (unpaired) electrons. The first kappa shape index (κ1) is 13.3. The molecule has 0 saturated carbocycles. The maximum absolute atomic E-state index is 10.7. The van der Waals surface area contributed by atoms with E-state index in [4.69, 9.17) is 5.11 Å². The third kappa shape index (κ3) is 2.50. The second kappa shape index (κ2) is 4.84. The van der Waals surface area contributed by atoms with E-state index in [0.29, 0.717) is 0 Å². The quantitative estimate of drug-likeness (QED) is 0.860. The van der Waals surface area contributed by atoms with Crippen LogP contribution in [0.1, 0.15) is 36.8 Å². The summed E-state index contributed by atoms with van der Waals surface area (Å²) < 4.78 is 1.90. The minimum absolute atomic E-state index is 0.253. The van der Waals surface area contributed by atoms with Gasteiger partial charge in [0, 0.05) is 30.3 Å². The van der Waals surface area contributed by atoms with Gasteiger partial charge in [0.1, 0.15) is 11.5 Å². The summed E-state index contributed by atoms with van der Waals surface area (Å²) >= 11 is 0. The Balaban J connectivity index is 2.76. The van der Waals surface area contributed by atoms with Gasteiger partial charge in [-0.15, -0.1) is 0 Å². The maximum Gasteiger partial charge on any atom is 0.328 e. The lowest BCUT2D eigenvalue weighted by Gasteiger charge is -2.08. The highest BCUT2D eigenvalue weighted by atomic mass is 16.4. The Hall–Kier alpha value is -2.17. The van der Waals surface area contributed by atoms with Gasteiger partial charge in [0.2, 0.25) is 0 Å². The van der Waals surface area contributed by atoms with Gasteiger partial charge in [0.15, 0.2) is 0 Å². The van der Waals surface area contributed by atoms with Gasteiger partial charge in [0.05, 0.1) is 5.69 Å². The molecule has 0 aliphatic rings. The Morgan fingerprint density at radius 1 is 1.42 bits per heavy atom. The summed E-state index contributed by atoms with van der Waals surface area (Å²) in [5.41, 5.74) is 2.62. The van der Waals surface area contributed by atoms with Crippen LogP contribution in [0.4, 0.5) is 0 Å². The molecule has 0 aliphatic heterocycles. The van der Waals surface area contributed by atoms with Crippen molar-refractivity contribution in [2.24, 2.45) is 7.05 Å². The number of carboxylic acid groups (broad SMARTS) is 1. The molecular weight excluding hydrogens is 242 g/mol. The average molecular weight is 259 g/mol. The van der Waals surface area contributed by atoms with Gasteiger partial charge in [-0.3, -0.25) is 0 Å². The Morgan fingerprint density at radius 3 is 2.68 bits per heavy atom. The first-order valence-corrected chi connectivity index (χ1v) is 6.14. The lowest BCUT2D eigenvalue weighted by atomic mass is 10.0. The Bertz CT molecular complexity index is 669. The van der Waals surface area contributed by atoms with Gasteiger partial charge >= 0.3 is 5.97 Å². The fraction of sp³-hybridized carbons (Fsp3) is 0.357. The normalized spacial score (nSPS) is 11.8. The largest absolute Gasteiger partial charge is 0.478 e. The van der Waals surface area contributed by atoms with Crippen LogP contribution in [-0.2, 0) is 11.8 Å². The zero-order valence-corrected chi connectivity index (χ0v) is 11.5. The molecule has 0 aromatic carbocycles. The van der Waals surface area contributed by atoms with E-state index in [1.165, 1.54) is 0 Å². The molecule has 0 aliphatic carbocycles. The Kier molecular flexibility index (Phi) is 3.38. The van der Waals surface area contributed by atoms with E-state index in [0.717, 1.165) is 34.2 Å². The fourth-order valence-electron chi connectivity index (χ4n) is 2.15. The number of aliphatic carboxylic acids is 1. The third-order valence-corrected chi connectivity index (χ3v) is 2.94. The molecule has 0 bridgehead atoms. The topological polar surface area (TPSA) is 68.0 Å². The van der Waals surface area contributed by atoms with Crippen LogP contribution in [0.25, 0.3) is 17.1 Å². The molecule has 19 heavy (non-hydrogen) atoms. The first-order valence-electron chi connectivity index (χ1n) is 6.14. The number of carbonyl (C=O) groups is 1. The van der Waals surface area contributed by atoms with Gasteiger partial charge in [-0.2, -0.15) is 0 Å². The van der Waals surface area contributed by atoms with E-state index >= 15 is 0 Å². The van der Waals surface area contributed by atoms with Gasteiger partial charge in [-0.1, -0.05) is 13.8 Å². The predicted molar refractivity (Wildman–Crippen MR) is 74.0 cm³/mol. The molecule has 0 unspecified atom stereocenters. The monoisotopic (exact) mass is 259 g/mol. The van der Waals surface area contributed by atoms with Crippen molar-refractivity contribution >= 4 is 23.1 Å². The van der Waals surface area contributed by atoms with Crippen LogP contribution in [0.15, 0.2) is 12.3 Å². The van der Waals surface area contributed by atoms with Crippen molar-refractivity contribution in [1.29, 1.82) is 0 Å². The summed E-state index contributed by atoms with van der Waals surface area (Å²) in [4.78, 5) is 19.6. The molecule has 2 aromatic rings. The van der Waals surface area contributed by atoms with Crippen LogP contribution >= 0.6 is 0 Å². The average Bonchev–Trinajstić information content (AvgIpc) is 2.62. The van der Waals surface area contributed by atoms with Crippen molar-refractivity contribution < 1.29 is 9.90 Å². The van der Waals surface area contributed by atoms with E-state index in [-0.39, 0.29) is 5.92 Å². The van der Waals surface area contributed by atoms with E-state index < -0.39 is 5.97 Å². The number of rotatable bonds is 3. The summed E-state index contributed by atoms with van der Waals surface area (Å²) in [5.74, 6) is 0.0193. The number of carboxylic acids is 1. The lowest BCUT2D eigenvalue weighted by molar-refractivity contribution is -0.131. The van der Waals surface area contributed by atoms with Crippen molar-refractivity contribution in [2.45, 2.75) is 26.7 Å². The van der Waals surface area contributed by atoms with Crippen LogP contribution in [0.3, 0.4) is 0 Å². The van der Waals surface area contributed by atoms with Crippen LogP contribution in [0.5, 0.6) is 0 Å². The maximum atomic E-state index is 10.7. The number of fused-ring (bicyclic) bond motifs is 1. The SMILES string of the molecule is Cc1nc(C(C)C)c2c(/C=C/C(=O)O)cn(C)c2n1. The molecule has 2 rings (SSSR count). The number of aryl methyl sites for hydroxylation is 2. The number of hydrogen-bond donors (Lipinski definition) is 1. The standard InChI is InChI=1S/C14H17N3O2/c1-8(2)13-12-10(5-6-11(18)19)7-17(4)14(12)16-9(3)15-13/h5-8H,1-4H3,(H,18,19)/b6-5+. The summed E-state index contributed by atoms with van der Waals surface area (Å²) in [6.07, 6.45) is 4.61. The molecular formula is C14H17N3O2. The van der Waals surface area contributed by atoms with E-state index in [1.54, 1.807) is 6.08 Å². The molecule has 5 heteroatoms. The molecule has 2 heterocycles. The second-order valence-electron chi connectivity index (χ2n) is 4.88. The minimum atomic E-state index is -0.962. The van der Waals surface area contributed by atoms with Crippen LogP contribution in [0.2, 0.25) is 0 Å². The highest BCUT2D eigenvalue weighted by Gasteiger charge is 2.15. The van der Waals surface area contributed by atoms with E-state index in [9.17, 15) is 4.79 Å².